The average molecular weight is 286 g/mol. The van der Waals surface area contributed by atoms with Crippen LogP contribution in [0.2, 0.25) is 0 Å². The lowest BCUT2D eigenvalue weighted by molar-refractivity contribution is -0.144. The maximum absolute atomic E-state index is 11.7. The van der Waals surface area contributed by atoms with E-state index in [-0.39, 0.29) is 13.0 Å². The molecule has 1 aromatic carbocycles. The van der Waals surface area contributed by atoms with Crippen molar-refractivity contribution in [3.05, 3.63) is 35.9 Å². The Hall–Kier alpha value is -1.75. The molecule has 0 aliphatic heterocycles. The molecule has 0 aliphatic rings. The Balaban J connectivity index is 2.83. The van der Waals surface area contributed by atoms with Crippen molar-refractivity contribution < 1.29 is 19.1 Å². The summed E-state index contributed by atoms with van der Waals surface area (Å²) in [7, 11) is 1.25. The molecule has 104 valence electrons. The minimum atomic E-state index is -0.923. The van der Waals surface area contributed by atoms with Gasteiger partial charge in [-0.1, -0.05) is 30.3 Å². The van der Waals surface area contributed by atoms with E-state index >= 15 is 0 Å². The zero-order valence-corrected chi connectivity index (χ0v) is 11.6. The van der Waals surface area contributed by atoms with Crippen molar-refractivity contribution in [3.8, 4) is 0 Å². The fraction of sp³-hybridized carbons (Fsp3) is 0.385. The zero-order valence-electron chi connectivity index (χ0n) is 10.8. The molecule has 1 amide bonds. The third kappa shape index (κ3) is 4.44. The second-order valence-electron chi connectivity index (χ2n) is 3.74. The maximum atomic E-state index is 11.7. The SMILES string of the molecule is CCOC(=O)N(Cl)C(Cc1ccccc1)C(=O)OC. The first-order chi connectivity index (χ1) is 9.10. The smallest absolute Gasteiger partial charge is 0.425 e. The third-order valence-corrected chi connectivity index (χ3v) is 2.83. The Morgan fingerprint density at radius 1 is 1.32 bits per heavy atom. The molecule has 0 aliphatic carbocycles. The van der Waals surface area contributed by atoms with E-state index in [4.69, 9.17) is 16.5 Å². The van der Waals surface area contributed by atoms with Gasteiger partial charge in [-0.3, -0.25) is 0 Å². The van der Waals surface area contributed by atoms with Crippen molar-refractivity contribution in [1.29, 1.82) is 0 Å². The second-order valence-corrected chi connectivity index (χ2v) is 4.10. The fourth-order valence-electron chi connectivity index (χ4n) is 1.54. The highest BCUT2D eigenvalue weighted by molar-refractivity contribution is 6.21. The first-order valence-electron chi connectivity index (χ1n) is 5.83. The monoisotopic (exact) mass is 285 g/mol. The van der Waals surface area contributed by atoms with E-state index in [1.165, 1.54) is 7.11 Å². The number of ether oxygens (including phenoxy) is 2. The Bertz CT molecular complexity index is 424. The van der Waals surface area contributed by atoms with Gasteiger partial charge in [-0.25, -0.2) is 14.0 Å². The second kappa shape index (κ2) is 7.63. The molecule has 0 heterocycles. The van der Waals surface area contributed by atoms with Crippen LogP contribution in [0.25, 0.3) is 0 Å². The average Bonchev–Trinajstić information content (AvgIpc) is 2.44. The van der Waals surface area contributed by atoms with Gasteiger partial charge >= 0.3 is 12.1 Å². The Morgan fingerprint density at radius 2 is 1.95 bits per heavy atom. The number of carbonyl (C=O) groups excluding carboxylic acids is 2. The highest BCUT2D eigenvalue weighted by atomic mass is 35.5. The van der Waals surface area contributed by atoms with Gasteiger partial charge in [-0.05, 0) is 12.5 Å². The molecule has 0 radical (unpaired) electrons. The van der Waals surface area contributed by atoms with Crippen molar-refractivity contribution >= 4 is 23.8 Å². The van der Waals surface area contributed by atoms with Gasteiger partial charge in [0.2, 0.25) is 0 Å². The Morgan fingerprint density at radius 3 is 2.47 bits per heavy atom. The predicted molar refractivity (Wildman–Crippen MR) is 70.7 cm³/mol. The summed E-state index contributed by atoms with van der Waals surface area (Å²) in [6, 6.07) is 8.30. The van der Waals surface area contributed by atoms with Gasteiger partial charge in [0.15, 0.2) is 6.04 Å². The van der Waals surface area contributed by atoms with E-state index in [9.17, 15) is 9.59 Å². The molecule has 6 heteroatoms. The Kier molecular flexibility index (Phi) is 6.15. The molecule has 0 saturated carbocycles. The highest BCUT2D eigenvalue weighted by Gasteiger charge is 2.31. The van der Waals surface area contributed by atoms with Gasteiger partial charge in [0, 0.05) is 18.2 Å². The van der Waals surface area contributed by atoms with Crippen LogP contribution >= 0.6 is 11.8 Å². The van der Waals surface area contributed by atoms with E-state index < -0.39 is 18.1 Å². The first-order valence-corrected chi connectivity index (χ1v) is 6.17. The van der Waals surface area contributed by atoms with E-state index in [1.807, 2.05) is 30.3 Å². The number of rotatable bonds is 5. The van der Waals surface area contributed by atoms with E-state index in [0.717, 1.165) is 9.98 Å². The molecule has 0 aromatic heterocycles. The largest absolute Gasteiger partial charge is 0.467 e. The summed E-state index contributed by atoms with van der Waals surface area (Å²) < 4.78 is 10.2. The lowest BCUT2D eigenvalue weighted by Gasteiger charge is -2.22. The van der Waals surface area contributed by atoms with Crippen LogP contribution in [0.1, 0.15) is 12.5 Å². The molecular formula is C13H16ClNO4. The molecule has 0 fully saturated rings. The molecule has 5 nitrogen and oxygen atoms in total. The molecule has 0 N–H and O–H groups in total. The summed E-state index contributed by atoms with van der Waals surface area (Å²) >= 11 is 5.86. The lowest BCUT2D eigenvalue weighted by atomic mass is 10.1. The number of methoxy groups -OCH3 is 1. The van der Waals surface area contributed by atoms with Gasteiger partial charge < -0.3 is 9.47 Å². The molecule has 1 rings (SSSR count). The zero-order chi connectivity index (χ0) is 14.3. The molecule has 1 atom stereocenters. The third-order valence-electron chi connectivity index (χ3n) is 2.46. The minimum absolute atomic E-state index is 0.182. The quantitative estimate of drug-likeness (QED) is 0.616. The number of halogens is 1. The van der Waals surface area contributed by atoms with Crippen molar-refractivity contribution in [3.63, 3.8) is 0 Å². The van der Waals surface area contributed by atoms with E-state index in [2.05, 4.69) is 4.74 Å². The molecule has 1 unspecified atom stereocenters. The first kappa shape index (κ1) is 15.3. The van der Waals surface area contributed by atoms with E-state index in [0.29, 0.717) is 0 Å². The molecular weight excluding hydrogens is 270 g/mol. The number of esters is 1. The highest BCUT2D eigenvalue weighted by Crippen LogP contribution is 2.14. The number of nitrogens with zero attached hydrogens (tertiary/aromatic N) is 1. The Labute approximate surface area is 117 Å². The van der Waals surface area contributed by atoms with Crippen LogP contribution < -0.4 is 0 Å². The maximum Gasteiger partial charge on any atom is 0.425 e. The summed E-state index contributed by atoms with van der Waals surface area (Å²) in [6.45, 7) is 1.84. The number of benzene rings is 1. The summed E-state index contributed by atoms with van der Waals surface area (Å²) in [5.74, 6) is -0.591. The summed E-state index contributed by atoms with van der Waals surface area (Å²) in [5, 5.41) is 0. The van der Waals surface area contributed by atoms with Crippen molar-refractivity contribution in [2.24, 2.45) is 0 Å². The van der Waals surface area contributed by atoms with E-state index in [1.54, 1.807) is 6.92 Å². The number of hydrogen-bond acceptors (Lipinski definition) is 4. The van der Waals surface area contributed by atoms with Gasteiger partial charge in [0.05, 0.1) is 13.7 Å². The van der Waals surface area contributed by atoms with Gasteiger partial charge in [0.1, 0.15) is 0 Å². The fourth-order valence-corrected chi connectivity index (χ4v) is 1.74. The van der Waals surface area contributed by atoms with Crippen LogP contribution in [0.15, 0.2) is 30.3 Å². The topological polar surface area (TPSA) is 55.8 Å². The molecule has 1 aromatic rings. The standard InChI is InChI=1S/C13H16ClNO4/c1-3-19-13(17)15(14)11(12(16)18-2)9-10-7-5-4-6-8-10/h4-8,11H,3,9H2,1-2H3. The molecule has 0 saturated heterocycles. The van der Waals surface area contributed by atoms with Crippen LogP contribution in [-0.4, -0.2) is 36.2 Å². The van der Waals surface area contributed by atoms with Gasteiger partial charge in [-0.2, -0.15) is 0 Å². The lowest BCUT2D eigenvalue weighted by Crippen LogP contribution is -2.41. The predicted octanol–water partition coefficient (Wildman–Crippen LogP) is 2.38. The summed E-state index contributed by atoms with van der Waals surface area (Å²) in [4.78, 5) is 23.3. The van der Waals surface area contributed by atoms with Crippen molar-refractivity contribution in [2.75, 3.05) is 13.7 Å². The molecule has 0 spiro atoms. The number of hydrogen-bond donors (Lipinski definition) is 0. The molecule has 19 heavy (non-hydrogen) atoms. The van der Waals surface area contributed by atoms with Crippen molar-refractivity contribution in [2.45, 2.75) is 19.4 Å². The van der Waals surface area contributed by atoms with Crippen LogP contribution in [0.4, 0.5) is 4.79 Å². The van der Waals surface area contributed by atoms with Crippen LogP contribution in [0.3, 0.4) is 0 Å². The molecule has 0 bridgehead atoms. The minimum Gasteiger partial charge on any atom is -0.467 e. The van der Waals surface area contributed by atoms with Crippen molar-refractivity contribution in [1.82, 2.24) is 4.42 Å². The van der Waals surface area contributed by atoms with Crippen LogP contribution in [0, 0.1) is 0 Å². The summed E-state index contributed by atoms with van der Waals surface area (Å²) in [6.07, 6.45) is -0.508. The van der Waals surface area contributed by atoms with Gasteiger partial charge in [-0.15, -0.1) is 0 Å². The summed E-state index contributed by atoms with van der Waals surface area (Å²) in [5.41, 5.74) is 0.868. The number of carbonyl (C=O) groups is 2. The number of amides is 1. The normalized spacial score (nSPS) is 11.5. The van der Waals surface area contributed by atoms with Crippen LogP contribution in [0.5, 0.6) is 0 Å². The van der Waals surface area contributed by atoms with Gasteiger partial charge in [0.25, 0.3) is 0 Å². The van der Waals surface area contributed by atoms with Crippen LogP contribution in [-0.2, 0) is 20.7 Å².